The Kier molecular flexibility index (Phi) is 7.57. The van der Waals surface area contributed by atoms with Gasteiger partial charge in [-0.2, -0.15) is 0 Å². The summed E-state index contributed by atoms with van der Waals surface area (Å²) in [7, 11) is 1.65. The molecular weight excluding hydrogens is 414 g/mol. The topological polar surface area (TPSA) is 64.9 Å². The largest absolute Gasteiger partial charge is 0.497 e. The predicted octanol–water partition coefficient (Wildman–Crippen LogP) is 3.07. The summed E-state index contributed by atoms with van der Waals surface area (Å²) >= 11 is 0. The van der Waals surface area contributed by atoms with Gasteiger partial charge in [0.2, 0.25) is 0 Å². The van der Waals surface area contributed by atoms with E-state index in [2.05, 4.69) is 31.3 Å². The number of rotatable bonds is 8. The smallest absolute Gasteiger partial charge is 0.252 e. The molecule has 4 rings (SSSR count). The molecule has 0 atom stereocenters. The maximum Gasteiger partial charge on any atom is 0.252 e. The van der Waals surface area contributed by atoms with Crippen LogP contribution in [0.4, 0.5) is 0 Å². The van der Waals surface area contributed by atoms with Gasteiger partial charge in [-0.3, -0.25) is 4.79 Å². The Labute approximate surface area is 195 Å². The Balaban J connectivity index is 1.58. The zero-order valence-electron chi connectivity index (χ0n) is 19.8. The van der Waals surface area contributed by atoms with Gasteiger partial charge in [-0.1, -0.05) is 19.9 Å². The number of benzene rings is 2. The number of ether oxygens (including phenoxy) is 2. The molecule has 174 valence electrons. The summed E-state index contributed by atoms with van der Waals surface area (Å²) < 4.78 is 10.7. The van der Waals surface area contributed by atoms with Crippen LogP contribution in [0.25, 0.3) is 22.2 Å². The third-order valence-corrected chi connectivity index (χ3v) is 6.32. The van der Waals surface area contributed by atoms with Crippen LogP contribution in [0.3, 0.4) is 0 Å². The minimum Gasteiger partial charge on any atom is -0.497 e. The number of amides is 1. The van der Waals surface area contributed by atoms with Crippen LogP contribution in [0.1, 0.15) is 42.1 Å². The molecule has 1 fully saturated rings. The third-order valence-electron chi connectivity index (χ3n) is 6.32. The van der Waals surface area contributed by atoms with Crippen LogP contribution >= 0.6 is 0 Å². The fourth-order valence-electron chi connectivity index (χ4n) is 4.25. The number of carbonyl (C=O) groups is 1. The van der Waals surface area contributed by atoms with Crippen molar-refractivity contribution in [2.75, 3.05) is 46.5 Å². The molecule has 6 heteroatoms. The fraction of sp³-hybridized carbons (Fsp3) is 0.407. The molecule has 0 bridgehead atoms. The number of pyridine rings is 1. The minimum atomic E-state index is -0.0463. The lowest BCUT2D eigenvalue weighted by Gasteiger charge is -2.23. The van der Waals surface area contributed by atoms with Crippen molar-refractivity contribution < 1.29 is 19.2 Å². The first-order valence-corrected chi connectivity index (χ1v) is 11.8. The molecule has 1 saturated heterocycles. The monoisotopic (exact) mass is 448 g/mol. The van der Waals surface area contributed by atoms with E-state index in [-0.39, 0.29) is 5.91 Å². The van der Waals surface area contributed by atoms with Crippen LogP contribution in [0.2, 0.25) is 0 Å². The van der Waals surface area contributed by atoms with Crippen LogP contribution in [-0.4, -0.2) is 57.4 Å². The van der Waals surface area contributed by atoms with E-state index < -0.39 is 0 Å². The van der Waals surface area contributed by atoms with Crippen molar-refractivity contribution in [3.63, 3.8) is 0 Å². The number of methoxy groups -OCH3 is 1. The summed E-state index contributed by atoms with van der Waals surface area (Å²) in [6.45, 7) is 9.79. The molecule has 2 aromatic carbocycles. The highest BCUT2D eigenvalue weighted by Gasteiger charge is 2.17. The molecule has 1 aliphatic rings. The van der Waals surface area contributed by atoms with Gasteiger partial charge in [0.25, 0.3) is 5.91 Å². The van der Waals surface area contributed by atoms with Gasteiger partial charge in [-0.25, -0.2) is 4.98 Å². The number of fused-ring (bicyclic) bond motifs is 1. The second-order valence-electron chi connectivity index (χ2n) is 8.94. The van der Waals surface area contributed by atoms with Crippen molar-refractivity contribution in [3.8, 4) is 17.0 Å². The van der Waals surface area contributed by atoms with Crippen LogP contribution in [-0.2, 0) is 4.74 Å². The van der Waals surface area contributed by atoms with Crippen molar-refractivity contribution >= 4 is 16.8 Å². The van der Waals surface area contributed by atoms with E-state index in [1.807, 2.05) is 36.4 Å². The lowest BCUT2D eigenvalue weighted by molar-refractivity contribution is -0.908. The van der Waals surface area contributed by atoms with E-state index in [9.17, 15) is 4.79 Å². The summed E-state index contributed by atoms with van der Waals surface area (Å²) in [5.74, 6) is 1.12. The average molecular weight is 449 g/mol. The van der Waals surface area contributed by atoms with Crippen LogP contribution in [0.15, 0.2) is 48.5 Å². The van der Waals surface area contributed by atoms with Crippen molar-refractivity contribution in [2.24, 2.45) is 0 Å². The Hall–Kier alpha value is -2.96. The van der Waals surface area contributed by atoms with Gasteiger partial charge in [0.1, 0.15) is 18.8 Å². The molecule has 33 heavy (non-hydrogen) atoms. The van der Waals surface area contributed by atoms with Crippen molar-refractivity contribution in [1.29, 1.82) is 0 Å². The normalized spacial score (nSPS) is 14.5. The highest BCUT2D eigenvalue weighted by atomic mass is 16.5. The Morgan fingerprint density at radius 3 is 2.58 bits per heavy atom. The van der Waals surface area contributed by atoms with Crippen molar-refractivity contribution in [1.82, 2.24) is 10.3 Å². The highest BCUT2D eigenvalue weighted by Crippen LogP contribution is 2.28. The molecule has 2 N–H and O–H groups in total. The number of hydrogen-bond donors (Lipinski definition) is 2. The maximum absolute atomic E-state index is 13.3. The number of aromatic nitrogens is 1. The van der Waals surface area contributed by atoms with Gasteiger partial charge < -0.3 is 19.7 Å². The zero-order valence-corrected chi connectivity index (χ0v) is 19.8. The molecule has 1 amide bonds. The Morgan fingerprint density at radius 2 is 1.88 bits per heavy atom. The Morgan fingerprint density at radius 1 is 1.12 bits per heavy atom. The maximum atomic E-state index is 13.3. The summed E-state index contributed by atoms with van der Waals surface area (Å²) in [6.07, 6.45) is 0.951. The van der Waals surface area contributed by atoms with Gasteiger partial charge in [-0.15, -0.1) is 0 Å². The Bertz CT molecular complexity index is 1090. The van der Waals surface area contributed by atoms with E-state index in [0.29, 0.717) is 18.0 Å². The quantitative estimate of drug-likeness (QED) is 0.520. The van der Waals surface area contributed by atoms with Crippen LogP contribution in [0, 0.1) is 0 Å². The van der Waals surface area contributed by atoms with E-state index >= 15 is 0 Å². The fourth-order valence-corrected chi connectivity index (χ4v) is 4.25. The first-order chi connectivity index (χ1) is 16.0. The number of nitrogens with zero attached hydrogens (tertiary/aromatic N) is 1. The van der Waals surface area contributed by atoms with Crippen molar-refractivity contribution in [2.45, 2.75) is 26.2 Å². The lowest BCUT2D eigenvalue weighted by atomic mass is 9.97. The SMILES string of the molecule is COc1ccc(-c2cc(C(=O)NCCC[NH+]3CCOCC3)c3cc(C(C)C)ccc3n2)cc1. The molecule has 0 saturated carbocycles. The van der Waals surface area contributed by atoms with E-state index in [0.717, 1.165) is 67.2 Å². The van der Waals surface area contributed by atoms with Crippen LogP contribution < -0.4 is 15.0 Å². The second-order valence-corrected chi connectivity index (χ2v) is 8.94. The molecule has 0 unspecified atom stereocenters. The molecule has 3 aromatic rings. The summed E-state index contributed by atoms with van der Waals surface area (Å²) in [4.78, 5) is 19.7. The molecule has 0 radical (unpaired) electrons. The molecular formula is C27H34N3O3+. The number of nitrogens with one attached hydrogen (secondary N) is 2. The molecule has 0 spiro atoms. The van der Waals surface area contributed by atoms with Gasteiger partial charge in [0.05, 0.1) is 43.6 Å². The standard InChI is InChI=1S/C27H33N3O3/c1-19(2)21-7-10-25-23(17-21)24(18-26(29-25)20-5-8-22(32-3)9-6-20)27(31)28-11-4-12-30-13-15-33-16-14-30/h5-10,17-19H,4,11-16H2,1-3H3,(H,28,31)/p+1. The molecule has 1 aromatic heterocycles. The molecule has 1 aliphatic heterocycles. The van der Waals surface area contributed by atoms with E-state index in [1.54, 1.807) is 12.0 Å². The van der Waals surface area contributed by atoms with Gasteiger partial charge in [0.15, 0.2) is 0 Å². The van der Waals surface area contributed by atoms with Gasteiger partial charge in [0, 0.05) is 23.9 Å². The van der Waals surface area contributed by atoms with Crippen molar-refractivity contribution in [3.05, 3.63) is 59.7 Å². The summed E-state index contributed by atoms with van der Waals surface area (Å²) in [5.41, 5.74) is 4.44. The number of hydrogen-bond acceptors (Lipinski definition) is 4. The zero-order chi connectivity index (χ0) is 23.2. The van der Waals surface area contributed by atoms with Crippen LogP contribution in [0.5, 0.6) is 5.75 Å². The first kappa shape index (κ1) is 23.2. The number of morpholine rings is 1. The summed E-state index contributed by atoms with van der Waals surface area (Å²) in [6, 6.07) is 15.9. The van der Waals surface area contributed by atoms with Gasteiger partial charge >= 0.3 is 0 Å². The minimum absolute atomic E-state index is 0.0463. The van der Waals surface area contributed by atoms with Gasteiger partial charge in [-0.05, 0) is 53.9 Å². The first-order valence-electron chi connectivity index (χ1n) is 11.8. The van der Waals surface area contributed by atoms with E-state index in [1.165, 1.54) is 5.56 Å². The van der Waals surface area contributed by atoms with E-state index in [4.69, 9.17) is 14.5 Å². The highest BCUT2D eigenvalue weighted by molar-refractivity contribution is 6.07. The molecule has 6 nitrogen and oxygen atoms in total. The lowest BCUT2D eigenvalue weighted by Crippen LogP contribution is -3.14. The summed E-state index contributed by atoms with van der Waals surface area (Å²) in [5, 5.41) is 4.04. The third kappa shape index (κ3) is 5.70. The number of carbonyl (C=O) groups excluding carboxylic acids is 1. The predicted molar refractivity (Wildman–Crippen MR) is 131 cm³/mol. The molecule has 0 aliphatic carbocycles. The molecule has 2 heterocycles. The second kappa shape index (κ2) is 10.8. The number of quaternary nitrogens is 1. The average Bonchev–Trinajstić information content (AvgIpc) is 2.86.